The van der Waals surface area contributed by atoms with Crippen molar-refractivity contribution in [2.75, 3.05) is 4.90 Å². The molecule has 1 aromatic carbocycles. The molecule has 1 amide bonds. The predicted octanol–water partition coefficient (Wildman–Crippen LogP) is 1.43. The average molecular weight is 303 g/mol. The summed E-state index contributed by atoms with van der Waals surface area (Å²) < 4.78 is 0. The summed E-state index contributed by atoms with van der Waals surface area (Å²) in [5.41, 5.74) is -0.243. The number of aromatic amines is 2. The first-order valence-electron chi connectivity index (χ1n) is 6.39. The number of nitrogens with zero attached hydrogens (tertiary/aromatic N) is 1. The third-order valence-electron chi connectivity index (χ3n) is 2.83. The lowest BCUT2D eigenvalue weighted by atomic mass is 10.1. The van der Waals surface area contributed by atoms with Gasteiger partial charge in [-0.05, 0) is 6.07 Å². The number of fused-ring (bicyclic) bond motifs is 1. The number of nitrogens with one attached hydrogen (secondary N) is 2. The third-order valence-corrected chi connectivity index (χ3v) is 3.24. The number of carbonyl (C=O) groups excluding carboxylic acids is 1. The van der Waals surface area contributed by atoms with Crippen LogP contribution in [0.15, 0.2) is 40.1 Å². The molecule has 7 heteroatoms. The molecule has 0 spiro atoms. The molecular formula is C14H13N3O3S. The molecule has 0 saturated heterocycles. The maximum Gasteiger partial charge on any atom is 0.325 e. The second kappa shape index (κ2) is 5.84. The summed E-state index contributed by atoms with van der Waals surface area (Å²) in [4.78, 5) is 40.7. The smallest absolute Gasteiger partial charge is 0.312 e. The molecular weight excluding hydrogens is 290 g/mol. The minimum Gasteiger partial charge on any atom is -0.312 e. The molecule has 0 fully saturated rings. The molecule has 1 aromatic heterocycles. The zero-order valence-corrected chi connectivity index (χ0v) is 12.3. The Hall–Kier alpha value is -2.54. The van der Waals surface area contributed by atoms with Crippen molar-refractivity contribution in [3.63, 3.8) is 0 Å². The van der Waals surface area contributed by atoms with E-state index in [0.717, 1.165) is 4.90 Å². The highest BCUT2D eigenvalue weighted by Gasteiger charge is 2.34. The number of benzene rings is 1. The molecule has 2 heterocycles. The molecule has 0 radical (unpaired) electrons. The Kier molecular flexibility index (Phi) is 4.13. The molecule has 0 bridgehead atoms. The first-order chi connectivity index (χ1) is 10.1. The van der Waals surface area contributed by atoms with Gasteiger partial charge in [0.1, 0.15) is 10.7 Å². The monoisotopic (exact) mass is 303 g/mol. The van der Waals surface area contributed by atoms with E-state index in [-0.39, 0.29) is 16.6 Å². The van der Waals surface area contributed by atoms with Crippen LogP contribution in [0.3, 0.4) is 0 Å². The van der Waals surface area contributed by atoms with E-state index in [1.165, 1.54) is 6.20 Å². The van der Waals surface area contributed by atoms with Crippen molar-refractivity contribution >= 4 is 28.8 Å². The number of rotatable bonds is 1. The van der Waals surface area contributed by atoms with Gasteiger partial charge in [-0.25, -0.2) is 4.79 Å². The summed E-state index contributed by atoms with van der Waals surface area (Å²) in [5, 5.41) is 0. The van der Waals surface area contributed by atoms with E-state index in [4.69, 9.17) is 12.2 Å². The largest absolute Gasteiger partial charge is 0.325 e. The minimum absolute atomic E-state index is 0.00537. The Morgan fingerprint density at radius 3 is 2.24 bits per heavy atom. The number of anilines is 1. The predicted molar refractivity (Wildman–Crippen MR) is 84.0 cm³/mol. The van der Waals surface area contributed by atoms with Gasteiger partial charge in [-0.1, -0.05) is 44.3 Å². The van der Waals surface area contributed by atoms with Gasteiger partial charge >= 0.3 is 5.69 Å². The van der Waals surface area contributed by atoms with Crippen LogP contribution in [0.1, 0.15) is 29.8 Å². The molecule has 2 aromatic rings. The Labute approximate surface area is 125 Å². The number of hydrogen-bond acceptors (Lipinski definition) is 4. The number of carbonyl (C=O) groups is 1. The topological polar surface area (TPSA) is 86.0 Å². The van der Waals surface area contributed by atoms with E-state index in [1.807, 2.05) is 13.8 Å². The Morgan fingerprint density at radius 2 is 1.67 bits per heavy atom. The average Bonchev–Trinajstić information content (AvgIpc) is 2.75. The van der Waals surface area contributed by atoms with E-state index in [0.29, 0.717) is 11.1 Å². The highest BCUT2D eigenvalue weighted by molar-refractivity contribution is 7.81. The first-order valence-corrected chi connectivity index (χ1v) is 6.80. The zero-order valence-electron chi connectivity index (χ0n) is 11.5. The van der Waals surface area contributed by atoms with E-state index < -0.39 is 11.2 Å². The van der Waals surface area contributed by atoms with E-state index in [2.05, 4.69) is 9.97 Å². The van der Waals surface area contributed by atoms with Gasteiger partial charge in [-0.15, -0.1) is 0 Å². The summed E-state index contributed by atoms with van der Waals surface area (Å²) in [6, 6.07) is 6.85. The van der Waals surface area contributed by atoms with Crippen molar-refractivity contribution in [3.8, 4) is 0 Å². The van der Waals surface area contributed by atoms with E-state index in [9.17, 15) is 14.4 Å². The van der Waals surface area contributed by atoms with Crippen LogP contribution < -0.4 is 16.1 Å². The standard InChI is InChI=1S/C12H7N3O3S.C2H6/c16-9-8(5-13-12(18)14-9)15-10(17)6-3-1-2-4-7(6)11(15)19;1-2/h1-5H,(H2,13,14,16,18);1-2H3. The number of hydrogen-bond donors (Lipinski definition) is 2. The van der Waals surface area contributed by atoms with Crippen LogP contribution in [0.2, 0.25) is 0 Å². The van der Waals surface area contributed by atoms with Crippen LogP contribution in [0.5, 0.6) is 0 Å². The fourth-order valence-electron chi connectivity index (χ4n) is 1.98. The highest BCUT2D eigenvalue weighted by atomic mass is 32.1. The number of amides is 1. The van der Waals surface area contributed by atoms with Crippen molar-refractivity contribution in [2.45, 2.75) is 13.8 Å². The molecule has 2 N–H and O–H groups in total. The number of H-pyrrole nitrogens is 2. The fraction of sp³-hybridized carbons (Fsp3) is 0.143. The van der Waals surface area contributed by atoms with Crippen LogP contribution in [0, 0.1) is 0 Å². The van der Waals surface area contributed by atoms with Crippen molar-refractivity contribution in [1.82, 2.24) is 9.97 Å². The number of aromatic nitrogens is 2. The van der Waals surface area contributed by atoms with Gasteiger partial charge in [0, 0.05) is 11.8 Å². The van der Waals surface area contributed by atoms with Crippen LogP contribution in [0.25, 0.3) is 0 Å². The van der Waals surface area contributed by atoms with E-state index in [1.54, 1.807) is 24.3 Å². The van der Waals surface area contributed by atoms with Crippen LogP contribution in [-0.2, 0) is 0 Å². The van der Waals surface area contributed by atoms with Gasteiger partial charge in [-0.3, -0.25) is 19.5 Å². The summed E-state index contributed by atoms with van der Waals surface area (Å²) in [6.07, 6.45) is 1.18. The summed E-state index contributed by atoms with van der Waals surface area (Å²) in [5.74, 6) is -0.377. The lowest BCUT2D eigenvalue weighted by molar-refractivity contribution is 0.101. The van der Waals surface area contributed by atoms with Gasteiger partial charge in [0.2, 0.25) is 0 Å². The molecule has 0 aliphatic carbocycles. The minimum atomic E-state index is -0.660. The van der Waals surface area contributed by atoms with Crippen molar-refractivity contribution < 1.29 is 4.79 Å². The molecule has 0 unspecified atom stereocenters. The molecule has 3 rings (SSSR count). The molecule has 0 saturated carbocycles. The van der Waals surface area contributed by atoms with Crippen LogP contribution >= 0.6 is 12.2 Å². The van der Waals surface area contributed by atoms with E-state index >= 15 is 0 Å². The maximum absolute atomic E-state index is 12.2. The Bertz CT molecular complexity index is 787. The lowest BCUT2D eigenvalue weighted by Crippen LogP contribution is -2.36. The molecule has 21 heavy (non-hydrogen) atoms. The second-order valence-corrected chi connectivity index (χ2v) is 4.34. The first kappa shape index (κ1) is 14.9. The van der Waals surface area contributed by atoms with Gasteiger partial charge in [0.25, 0.3) is 11.5 Å². The summed E-state index contributed by atoms with van der Waals surface area (Å²) in [7, 11) is 0. The van der Waals surface area contributed by atoms with Crippen LogP contribution in [0.4, 0.5) is 5.69 Å². The molecule has 1 aliphatic heterocycles. The third kappa shape index (κ3) is 2.43. The maximum atomic E-state index is 12.2. The van der Waals surface area contributed by atoms with Crippen molar-refractivity contribution in [2.24, 2.45) is 0 Å². The lowest BCUT2D eigenvalue weighted by Gasteiger charge is -2.13. The van der Waals surface area contributed by atoms with Crippen molar-refractivity contribution in [1.29, 1.82) is 0 Å². The molecule has 108 valence electrons. The SMILES string of the molecule is CC.O=C1c2ccccc2C(=S)N1c1c[nH]c(=O)[nH]c1=O. The Balaban J connectivity index is 0.000000774. The van der Waals surface area contributed by atoms with Gasteiger partial charge in [0.05, 0.1) is 5.56 Å². The summed E-state index contributed by atoms with van der Waals surface area (Å²) >= 11 is 5.21. The molecule has 6 nitrogen and oxygen atoms in total. The quantitative estimate of drug-likeness (QED) is 0.780. The Morgan fingerprint density at radius 1 is 1.05 bits per heavy atom. The molecule has 0 atom stereocenters. The number of thiocarbonyl (C=S) groups is 1. The van der Waals surface area contributed by atoms with Gasteiger partial charge in [-0.2, -0.15) is 0 Å². The normalized spacial score (nSPS) is 12.8. The fourth-order valence-corrected chi connectivity index (χ4v) is 2.34. The van der Waals surface area contributed by atoms with Crippen LogP contribution in [-0.4, -0.2) is 20.9 Å². The highest BCUT2D eigenvalue weighted by Crippen LogP contribution is 2.26. The molecule has 1 aliphatic rings. The van der Waals surface area contributed by atoms with Gasteiger partial charge in [0.15, 0.2) is 0 Å². The van der Waals surface area contributed by atoms with Crippen molar-refractivity contribution in [3.05, 3.63) is 62.4 Å². The van der Waals surface area contributed by atoms with Gasteiger partial charge < -0.3 is 4.98 Å². The zero-order chi connectivity index (χ0) is 15.6. The second-order valence-electron chi connectivity index (χ2n) is 3.95. The summed E-state index contributed by atoms with van der Waals surface area (Å²) in [6.45, 7) is 4.00.